The van der Waals surface area contributed by atoms with Gasteiger partial charge in [0.2, 0.25) is 5.91 Å². The highest BCUT2D eigenvalue weighted by atomic mass is 16.5. The van der Waals surface area contributed by atoms with Gasteiger partial charge in [0.25, 0.3) is 0 Å². The quantitative estimate of drug-likeness (QED) is 0.580. The Labute approximate surface area is 72.7 Å². The van der Waals surface area contributed by atoms with Crippen molar-refractivity contribution in [1.82, 2.24) is 4.90 Å². The van der Waals surface area contributed by atoms with Gasteiger partial charge in [0.1, 0.15) is 0 Å². The number of hydrogen-bond acceptors (Lipinski definition) is 2. The van der Waals surface area contributed by atoms with Gasteiger partial charge in [0.05, 0.1) is 18.8 Å². The highest BCUT2D eigenvalue weighted by molar-refractivity contribution is 5.76. The van der Waals surface area contributed by atoms with Crippen LogP contribution in [0.4, 0.5) is 0 Å². The minimum atomic E-state index is 0.285. The van der Waals surface area contributed by atoms with E-state index in [-0.39, 0.29) is 5.91 Å². The highest BCUT2D eigenvalue weighted by Crippen LogP contribution is 2.26. The van der Waals surface area contributed by atoms with E-state index in [1.54, 1.807) is 0 Å². The lowest BCUT2D eigenvalue weighted by Crippen LogP contribution is -2.56. The fourth-order valence-electron chi connectivity index (χ4n) is 2.06. The molecule has 3 nitrogen and oxygen atoms in total. The van der Waals surface area contributed by atoms with E-state index >= 15 is 0 Å². The second kappa shape index (κ2) is 3.05. The number of carbonyl (C=O) groups is 1. The van der Waals surface area contributed by atoms with Crippen molar-refractivity contribution in [3.05, 3.63) is 0 Å². The summed E-state index contributed by atoms with van der Waals surface area (Å²) in [5, 5.41) is 0. The molecular formula is C9H15NO2. The summed E-state index contributed by atoms with van der Waals surface area (Å²) in [7, 11) is 0. The van der Waals surface area contributed by atoms with E-state index in [4.69, 9.17) is 4.74 Å². The molecule has 12 heavy (non-hydrogen) atoms. The predicted molar refractivity (Wildman–Crippen MR) is 44.8 cm³/mol. The van der Waals surface area contributed by atoms with Crippen LogP contribution in [0.2, 0.25) is 0 Å². The zero-order valence-corrected chi connectivity index (χ0v) is 7.45. The van der Waals surface area contributed by atoms with Crippen LogP contribution in [0.25, 0.3) is 0 Å². The van der Waals surface area contributed by atoms with Crippen molar-refractivity contribution in [2.24, 2.45) is 0 Å². The molecule has 0 spiro atoms. The van der Waals surface area contributed by atoms with Crippen molar-refractivity contribution in [2.45, 2.75) is 38.3 Å². The Bertz CT molecular complexity index is 185. The van der Waals surface area contributed by atoms with Crippen LogP contribution in [-0.4, -0.2) is 36.1 Å². The molecule has 2 unspecified atom stereocenters. The smallest absolute Gasteiger partial charge is 0.222 e. The lowest BCUT2D eigenvalue weighted by Gasteiger charge is -2.45. The maximum Gasteiger partial charge on any atom is 0.222 e. The zero-order chi connectivity index (χ0) is 8.55. The second-order valence-electron chi connectivity index (χ2n) is 3.59. The number of fused-ring (bicyclic) bond motifs is 3. The van der Waals surface area contributed by atoms with Crippen molar-refractivity contribution in [3.8, 4) is 0 Å². The van der Waals surface area contributed by atoms with Crippen LogP contribution in [0.15, 0.2) is 0 Å². The van der Waals surface area contributed by atoms with E-state index in [0.29, 0.717) is 18.6 Å². The SMILES string of the molecule is CCC(=O)N1CC2CCC1CO2. The minimum Gasteiger partial charge on any atom is -0.374 e. The molecule has 3 heteroatoms. The molecular weight excluding hydrogens is 154 g/mol. The van der Waals surface area contributed by atoms with Gasteiger partial charge in [-0.15, -0.1) is 0 Å². The van der Waals surface area contributed by atoms with Crippen molar-refractivity contribution in [2.75, 3.05) is 13.2 Å². The summed E-state index contributed by atoms with van der Waals surface area (Å²) in [6.45, 7) is 3.51. The monoisotopic (exact) mass is 169 g/mol. The molecule has 0 aromatic rings. The molecule has 0 N–H and O–H groups in total. The van der Waals surface area contributed by atoms with Crippen LogP contribution in [0.3, 0.4) is 0 Å². The Morgan fingerprint density at radius 1 is 1.58 bits per heavy atom. The molecule has 2 atom stereocenters. The van der Waals surface area contributed by atoms with Crippen molar-refractivity contribution in [3.63, 3.8) is 0 Å². The first-order valence-corrected chi connectivity index (χ1v) is 4.72. The largest absolute Gasteiger partial charge is 0.374 e. The number of rotatable bonds is 1. The second-order valence-corrected chi connectivity index (χ2v) is 3.59. The first-order valence-electron chi connectivity index (χ1n) is 4.72. The molecule has 3 fully saturated rings. The Kier molecular flexibility index (Phi) is 2.05. The summed E-state index contributed by atoms with van der Waals surface area (Å²) in [5.41, 5.74) is 0. The topological polar surface area (TPSA) is 29.5 Å². The van der Waals surface area contributed by atoms with E-state index in [2.05, 4.69) is 0 Å². The molecule has 2 bridgehead atoms. The average molecular weight is 169 g/mol. The number of hydrogen-bond donors (Lipinski definition) is 0. The van der Waals surface area contributed by atoms with Gasteiger partial charge in [-0.05, 0) is 12.8 Å². The molecule has 0 aromatic heterocycles. The fraction of sp³-hybridized carbons (Fsp3) is 0.889. The van der Waals surface area contributed by atoms with Gasteiger partial charge >= 0.3 is 0 Å². The minimum absolute atomic E-state index is 0.285. The molecule has 1 amide bonds. The summed E-state index contributed by atoms with van der Waals surface area (Å²) in [4.78, 5) is 13.4. The van der Waals surface area contributed by atoms with Crippen molar-refractivity contribution in [1.29, 1.82) is 0 Å². The predicted octanol–water partition coefficient (Wildman–Crippen LogP) is 0.786. The molecule has 0 saturated carbocycles. The lowest BCUT2D eigenvalue weighted by molar-refractivity contribution is -0.154. The summed E-state index contributed by atoms with van der Waals surface area (Å²) in [5.74, 6) is 0.285. The Morgan fingerprint density at radius 2 is 2.42 bits per heavy atom. The van der Waals surface area contributed by atoms with Crippen LogP contribution in [-0.2, 0) is 9.53 Å². The normalized spacial score (nSPS) is 33.9. The van der Waals surface area contributed by atoms with Crippen molar-refractivity contribution >= 4 is 5.91 Å². The van der Waals surface area contributed by atoms with Gasteiger partial charge in [-0.3, -0.25) is 4.79 Å². The van der Waals surface area contributed by atoms with Crippen LogP contribution in [0.5, 0.6) is 0 Å². The van der Waals surface area contributed by atoms with Gasteiger partial charge in [-0.25, -0.2) is 0 Å². The number of amides is 1. The van der Waals surface area contributed by atoms with E-state index in [1.807, 2.05) is 11.8 Å². The summed E-state index contributed by atoms with van der Waals surface area (Å²) in [6, 6.07) is 0.377. The summed E-state index contributed by atoms with van der Waals surface area (Å²) >= 11 is 0. The zero-order valence-electron chi connectivity index (χ0n) is 7.45. The molecule has 3 rings (SSSR count). The first kappa shape index (κ1) is 8.05. The molecule has 0 aromatic carbocycles. The molecule has 3 saturated heterocycles. The van der Waals surface area contributed by atoms with Gasteiger partial charge in [0.15, 0.2) is 0 Å². The van der Waals surface area contributed by atoms with E-state index in [9.17, 15) is 4.79 Å². The number of morpholine rings is 1. The van der Waals surface area contributed by atoms with Crippen LogP contribution >= 0.6 is 0 Å². The highest BCUT2D eigenvalue weighted by Gasteiger charge is 2.36. The summed E-state index contributed by atoms with van der Waals surface area (Å²) in [6.07, 6.45) is 3.23. The van der Waals surface area contributed by atoms with Crippen LogP contribution < -0.4 is 0 Å². The van der Waals surface area contributed by atoms with Crippen LogP contribution in [0.1, 0.15) is 26.2 Å². The third-order valence-electron chi connectivity index (χ3n) is 2.81. The van der Waals surface area contributed by atoms with Crippen LogP contribution in [0, 0.1) is 0 Å². The molecule has 3 heterocycles. The Morgan fingerprint density at radius 3 is 2.83 bits per heavy atom. The first-order chi connectivity index (χ1) is 5.81. The molecule has 3 aliphatic rings. The Balaban J connectivity index is 2.03. The fourth-order valence-corrected chi connectivity index (χ4v) is 2.06. The van der Waals surface area contributed by atoms with E-state index in [1.165, 1.54) is 0 Å². The van der Waals surface area contributed by atoms with E-state index < -0.39 is 0 Å². The molecule has 0 radical (unpaired) electrons. The standard InChI is InChI=1S/C9H15NO2/c1-2-9(11)10-5-8-4-3-7(10)6-12-8/h7-8H,2-6H2,1H3. The molecule has 68 valence electrons. The maximum atomic E-state index is 11.4. The number of carbonyl (C=O) groups excluding carboxylic acids is 1. The molecule has 3 aliphatic heterocycles. The van der Waals surface area contributed by atoms with E-state index in [0.717, 1.165) is 26.0 Å². The van der Waals surface area contributed by atoms with Gasteiger partial charge < -0.3 is 9.64 Å². The molecule has 0 aliphatic carbocycles. The number of ether oxygens (including phenoxy) is 1. The van der Waals surface area contributed by atoms with Crippen molar-refractivity contribution < 1.29 is 9.53 Å². The number of nitrogens with zero attached hydrogens (tertiary/aromatic N) is 1. The maximum absolute atomic E-state index is 11.4. The Hall–Kier alpha value is -0.570. The third-order valence-corrected chi connectivity index (χ3v) is 2.81. The average Bonchev–Trinajstić information content (AvgIpc) is 2.18. The van der Waals surface area contributed by atoms with Gasteiger partial charge in [-0.1, -0.05) is 6.92 Å². The third kappa shape index (κ3) is 1.22. The van der Waals surface area contributed by atoms with Gasteiger partial charge in [0, 0.05) is 13.0 Å². The summed E-state index contributed by atoms with van der Waals surface area (Å²) < 4.78 is 5.51. The number of piperidine rings is 1. The lowest BCUT2D eigenvalue weighted by atomic mass is 9.97. The van der Waals surface area contributed by atoms with Gasteiger partial charge in [-0.2, -0.15) is 0 Å².